The highest BCUT2D eigenvalue weighted by atomic mass is 16.5. The second-order valence-electron chi connectivity index (χ2n) is 7.93. The normalized spacial score (nSPS) is 12.0. The van der Waals surface area contributed by atoms with Crippen molar-refractivity contribution in [3.05, 3.63) is 102 Å². The van der Waals surface area contributed by atoms with Crippen LogP contribution in [0.4, 0.5) is 5.69 Å². The number of aromatic nitrogens is 1. The third-order valence-corrected chi connectivity index (χ3v) is 5.48. The van der Waals surface area contributed by atoms with E-state index < -0.39 is 6.10 Å². The summed E-state index contributed by atoms with van der Waals surface area (Å²) in [5, 5.41) is 11.9. The fraction of sp³-hybridized carbons (Fsp3) is 0.222. The summed E-state index contributed by atoms with van der Waals surface area (Å²) >= 11 is 0. The SMILES string of the molecule is Cc1ccc(OCC(O)CN(Cc2ccccc2C)c2cccc3ncccc23)cc1. The van der Waals surface area contributed by atoms with Crippen LogP contribution in [0, 0.1) is 13.8 Å². The number of nitrogens with zero attached hydrogens (tertiary/aromatic N) is 2. The van der Waals surface area contributed by atoms with Crippen LogP contribution in [0.2, 0.25) is 0 Å². The van der Waals surface area contributed by atoms with E-state index in [0.29, 0.717) is 13.1 Å². The number of aryl methyl sites for hydroxylation is 2. The fourth-order valence-corrected chi connectivity index (χ4v) is 3.74. The summed E-state index contributed by atoms with van der Waals surface area (Å²) < 4.78 is 5.83. The van der Waals surface area contributed by atoms with Gasteiger partial charge in [-0.15, -0.1) is 0 Å². The standard InChI is InChI=1S/C27H28N2O2/c1-20-12-14-24(15-13-20)31-19-23(30)18-29(17-22-8-4-3-7-21(22)2)27-11-5-10-26-25(27)9-6-16-28-26/h3-16,23,30H,17-19H2,1-2H3. The molecule has 0 aliphatic carbocycles. The number of anilines is 1. The van der Waals surface area contributed by atoms with Crippen LogP contribution in [0.15, 0.2) is 85.1 Å². The lowest BCUT2D eigenvalue weighted by Gasteiger charge is -2.29. The molecule has 31 heavy (non-hydrogen) atoms. The lowest BCUT2D eigenvalue weighted by atomic mass is 10.1. The Kier molecular flexibility index (Phi) is 6.48. The molecule has 1 heterocycles. The first-order valence-electron chi connectivity index (χ1n) is 10.6. The van der Waals surface area contributed by atoms with Crippen molar-refractivity contribution < 1.29 is 9.84 Å². The Morgan fingerprint density at radius 1 is 0.903 bits per heavy atom. The average molecular weight is 413 g/mol. The number of ether oxygens (including phenoxy) is 1. The van der Waals surface area contributed by atoms with Gasteiger partial charge in [-0.25, -0.2) is 0 Å². The predicted octanol–water partition coefficient (Wildman–Crippen LogP) is 5.30. The maximum absolute atomic E-state index is 10.8. The van der Waals surface area contributed by atoms with Crippen molar-refractivity contribution in [2.45, 2.75) is 26.5 Å². The second kappa shape index (κ2) is 9.63. The smallest absolute Gasteiger partial charge is 0.119 e. The lowest BCUT2D eigenvalue weighted by Crippen LogP contribution is -2.35. The monoisotopic (exact) mass is 412 g/mol. The van der Waals surface area contributed by atoms with E-state index in [1.165, 1.54) is 16.7 Å². The quantitative estimate of drug-likeness (QED) is 0.427. The lowest BCUT2D eigenvalue weighted by molar-refractivity contribution is 0.112. The zero-order chi connectivity index (χ0) is 21.6. The molecule has 0 aliphatic heterocycles. The van der Waals surface area contributed by atoms with Crippen LogP contribution in [-0.2, 0) is 6.54 Å². The van der Waals surface area contributed by atoms with Crippen molar-refractivity contribution in [2.24, 2.45) is 0 Å². The molecule has 0 saturated heterocycles. The number of pyridine rings is 1. The molecule has 0 spiro atoms. The zero-order valence-corrected chi connectivity index (χ0v) is 18.0. The van der Waals surface area contributed by atoms with E-state index in [4.69, 9.17) is 4.74 Å². The highest BCUT2D eigenvalue weighted by molar-refractivity contribution is 5.91. The Morgan fingerprint density at radius 3 is 2.52 bits per heavy atom. The Bertz CT molecular complexity index is 1140. The summed E-state index contributed by atoms with van der Waals surface area (Å²) in [6.07, 6.45) is 1.17. The number of benzene rings is 3. The number of aliphatic hydroxyl groups excluding tert-OH is 1. The topological polar surface area (TPSA) is 45.6 Å². The summed E-state index contributed by atoms with van der Waals surface area (Å²) in [4.78, 5) is 6.71. The number of hydrogen-bond acceptors (Lipinski definition) is 4. The maximum Gasteiger partial charge on any atom is 0.119 e. The zero-order valence-electron chi connectivity index (χ0n) is 18.0. The van der Waals surface area contributed by atoms with Gasteiger partial charge in [0.15, 0.2) is 0 Å². The van der Waals surface area contributed by atoms with E-state index in [1.54, 1.807) is 0 Å². The summed E-state index contributed by atoms with van der Waals surface area (Å²) in [6.45, 7) is 5.54. The van der Waals surface area contributed by atoms with Crippen LogP contribution >= 0.6 is 0 Å². The van der Waals surface area contributed by atoms with Crippen LogP contribution in [0.25, 0.3) is 10.9 Å². The van der Waals surface area contributed by atoms with Crippen molar-refractivity contribution in [1.82, 2.24) is 4.98 Å². The molecule has 1 aromatic heterocycles. The van der Waals surface area contributed by atoms with Crippen LogP contribution in [-0.4, -0.2) is 29.3 Å². The largest absolute Gasteiger partial charge is 0.491 e. The molecule has 0 aliphatic rings. The van der Waals surface area contributed by atoms with E-state index in [9.17, 15) is 5.11 Å². The van der Waals surface area contributed by atoms with E-state index in [0.717, 1.165) is 22.3 Å². The van der Waals surface area contributed by atoms with Gasteiger partial charge in [-0.1, -0.05) is 48.0 Å². The third-order valence-electron chi connectivity index (χ3n) is 5.48. The van der Waals surface area contributed by atoms with E-state index in [2.05, 4.69) is 53.2 Å². The van der Waals surface area contributed by atoms with Crippen molar-refractivity contribution in [3.63, 3.8) is 0 Å². The first-order valence-corrected chi connectivity index (χ1v) is 10.6. The van der Waals surface area contributed by atoms with Crippen LogP contribution in [0.3, 0.4) is 0 Å². The van der Waals surface area contributed by atoms with Gasteiger partial charge in [0.05, 0.1) is 5.52 Å². The van der Waals surface area contributed by atoms with Crippen LogP contribution in [0.1, 0.15) is 16.7 Å². The molecule has 4 rings (SSSR count). The summed E-state index contributed by atoms with van der Waals surface area (Å²) in [7, 11) is 0. The van der Waals surface area contributed by atoms with Crippen molar-refractivity contribution in [3.8, 4) is 5.75 Å². The van der Waals surface area contributed by atoms with Gasteiger partial charge in [-0.2, -0.15) is 0 Å². The number of hydrogen-bond donors (Lipinski definition) is 1. The fourth-order valence-electron chi connectivity index (χ4n) is 3.74. The minimum atomic E-state index is -0.641. The Balaban J connectivity index is 1.57. The van der Waals surface area contributed by atoms with Crippen molar-refractivity contribution in [2.75, 3.05) is 18.1 Å². The Hall–Kier alpha value is -3.37. The summed E-state index contributed by atoms with van der Waals surface area (Å²) in [6, 6.07) is 26.4. The van der Waals surface area contributed by atoms with Gasteiger partial charge < -0.3 is 14.7 Å². The Morgan fingerprint density at radius 2 is 1.71 bits per heavy atom. The molecule has 158 valence electrons. The Labute approximate surface area is 183 Å². The highest BCUT2D eigenvalue weighted by Gasteiger charge is 2.17. The van der Waals surface area contributed by atoms with E-state index >= 15 is 0 Å². The minimum absolute atomic E-state index is 0.232. The maximum atomic E-state index is 10.8. The van der Waals surface area contributed by atoms with Crippen LogP contribution < -0.4 is 9.64 Å². The molecule has 0 radical (unpaired) electrons. The first-order chi connectivity index (χ1) is 15.1. The second-order valence-corrected chi connectivity index (χ2v) is 7.93. The molecular weight excluding hydrogens is 384 g/mol. The minimum Gasteiger partial charge on any atom is -0.491 e. The number of rotatable bonds is 8. The van der Waals surface area contributed by atoms with Gasteiger partial charge in [0.2, 0.25) is 0 Å². The number of aliphatic hydroxyl groups is 1. The molecule has 1 N–H and O–H groups in total. The third kappa shape index (κ3) is 5.22. The van der Waals surface area contributed by atoms with Crippen LogP contribution in [0.5, 0.6) is 5.75 Å². The molecule has 0 amide bonds. The first kappa shape index (κ1) is 20.9. The van der Waals surface area contributed by atoms with Gasteiger partial charge >= 0.3 is 0 Å². The van der Waals surface area contributed by atoms with Crippen molar-refractivity contribution in [1.29, 1.82) is 0 Å². The van der Waals surface area contributed by atoms with Crippen molar-refractivity contribution >= 4 is 16.6 Å². The van der Waals surface area contributed by atoms with E-state index in [1.807, 2.05) is 55.6 Å². The van der Waals surface area contributed by atoms with Gasteiger partial charge in [-0.05, 0) is 61.4 Å². The molecular formula is C27H28N2O2. The molecule has 1 atom stereocenters. The van der Waals surface area contributed by atoms with Gasteiger partial charge in [0.25, 0.3) is 0 Å². The molecule has 0 saturated carbocycles. The summed E-state index contributed by atoms with van der Waals surface area (Å²) in [5.41, 5.74) is 5.65. The molecule has 0 fully saturated rings. The molecule has 1 unspecified atom stereocenters. The van der Waals surface area contributed by atoms with Gasteiger partial charge in [0, 0.05) is 30.4 Å². The highest BCUT2D eigenvalue weighted by Crippen LogP contribution is 2.28. The molecule has 4 nitrogen and oxygen atoms in total. The van der Waals surface area contributed by atoms with Gasteiger partial charge in [0.1, 0.15) is 18.5 Å². The average Bonchev–Trinajstić information content (AvgIpc) is 2.79. The molecule has 4 aromatic rings. The number of fused-ring (bicyclic) bond motifs is 1. The van der Waals surface area contributed by atoms with Gasteiger partial charge in [-0.3, -0.25) is 4.98 Å². The summed E-state index contributed by atoms with van der Waals surface area (Å²) in [5.74, 6) is 0.768. The molecule has 3 aromatic carbocycles. The molecule has 0 bridgehead atoms. The molecule has 4 heteroatoms. The predicted molar refractivity (Wildman–Crippen MR) is 127 cm³/mol. The van der Waals surface area contributed by atoms with E-state index in [-0.39, 0.29) is 6.61 Å².